The number of ether oxygens (including phenoxy) is 2. The number of hydrogen-bond acceptors (Lipinski definition) is 9. The van der Waals surface area contributed by atoms with Gasteiger partial charge in [0, 0.05) is 18.3 Å². The van der Waals surface area contributed by atoms with Gasteiger partial charge < -0.3 is 25.2 Å². The van der Waals surface area contributed by atoms with Crippen LogP contribution in [0.1, 0.15) is 27.2 Å². The maximum atomic E-state index is 13.9. The summed E-state index contributed by atoms with van der Waals surface area (Å²) in [6.07, 6.45) is 1.49. The van der Waals surface area contributed by atoms with Crippen LogP contribution in [0.3, 0.4) is 0 Å². The van der Waals surface area contributed by atoms with E-state index in [-0.39, 0.29) is 29.8 Å². The average molecular weight is 519 g/mol. The number of carbonyl (C=O) groups is 2. The molecule has 0 saturated heterocycles. The van der Waals surface area contributed by atoms with Crippen molar-refractivity contribution in [3.05, 3.63) is 53.7 Å². The van der Waals surface area contributed by atoms with Crippen molar-refractivity contribution in [3.63, 3.8) is 0 Å². The third-order valence-corrected chi connectivity index (χ3v) is 4.53. The highest BCUT2D eigenvalue weighted by Gasteiger charge is 2.21. The minimum atomic E-state index is -1.09. The van der Waals surface area contributed by atoms with Crippen LogP contribution in [-0.4, -0.2) is 55.3 Å². The molecule has 0 bridgehead atoms. The summed E-state index contributed by atoms with van der Waals surface area (Å²) in [7, 11) is 0. The Labute approximate surface area is 211 Å². The van der Waals surface area contributed by atoms with Gasteiger partial charge in [0.2, 0.25) is 5.95 Å². The number of anilines is 1. The van der Waals surface area contributed by atoms with Gasteiger partial charge in [-0.25, -0.2) is 24.1 Å². The SMILES string of the molecule is CC(C)(C)OC(=O)N[C@H](CNc1ncnc(-c2ccc(Oc3ncc(Cl)cc3F)cc2)n1)CC(=O)O. The third kappa shape index (κ3) is 8.31. The fourth-order valence-corrected chi connectivity index (χ4v) is 3.00. The van der Waals surface area contributed by atoms with Gasteiger partial charge in [-0.15, -0.1) is 0 Å². The lowest BCUT2D eigenvalue weighted by molar-refractivity contribution is -0.137. The zero-order valence-electron chi connectivity index (χ0n) is 19.7. The molecule has 1 amide bonds. The molecule has 3 N–H and O–H groups in total. The number of carboxylic acid groups (broad SMARTS) is 1. The van der Waals surface area contributed by atoms with E-state index < -0.39 is 29.5 Å². The van der Waals surface area contributed by atoms with E-state index >= 15 is 0 Å². The molecule has 0 aliphatic rings. The number of aromatic nitrogens is 4. The summed E-state index contributed by atoms with van der Waals surface area (Å²) in [5, 5.41) is 14.7. The van der Waals surface area contributed by atoms with Crippen molar-refractivity contribution in [2.45, 2.75) is 38.8 Å². The molecule has 0 spiro atoms. The fourth-order valence-electron chi connectivity index (χ4n) is 2.86. The Bertz CT molecular complexity index is 1220. The summed E-state index contributed by atoms with van der Waals surface area (Å²) >= 11 is 5.70. The minimum Gasteiger partial charge on any atom is -0.481 e. The van der Waals surface area contributed by atoms with E-state index in [2.05, 4.69) is 30.6 Å². The first-order valence-corrected chi connectivity index (χ1v) is 11.1. The third-order valence-electron chi connectivity index (χ3n) is 4.32. The second kappa shape index (κ2) is 11.6. The smallest absolute Gasteiger partial charge is 0.407 e. The number of alkyl carbamates (subject to hydrolysis) is 1. The van der Waals surface area contributed by atoms with Gasteiger partial charge in [0.25, 0.3) is 5.88 Å². The lowest BCUT2D eigenvalue weighted by Crippen LogP contribution is -2.43. The predicted molar refractivity (Wildman–Crippen MR) is 128 cm³/mol. The lowest BCUT2D eigenvalue weighted by atomic mass is 10.2. The molecule has 0 radical (unpaired) electrons. The largest absolute Gasteiger partial charge is 0.481 e. The number of benzene rings is 1. The van der Waals surface area contributed by atoms with Gasteiger partial charge >= 0.3 is 12.1 Å². The normalized spacial score (nSPS) is 11.9. The maximum absolute atomic E-state index is 13.9. The summed E-state index contributed by atoms with van der Waals surface area (Å²) in [4.78, 5) is 39.5. The average Bonchev–Trinajstić information content (AvgIpc) is 2.78. The molecule has 2 aromatic heterocycles. The van der Waals surface area contributed by atoms with Crippen LogP contribution in [0.15, 0.2) is 42.9 Å². The van der Waals surface area contributed by atoms with Gasteiger partial charge in [0.15, 0.2) is 11.6 Å². The quantitative estimate of drug-likeness (QED) is 0.374. The van der Waals surface area contributed by atoms with Gasteiger partial charge in [-0.1, -0.05) is 11.6 Å². The molecule has 0 aliphatic heterocycles. The van der Waals surface area contributed by atoms with E-state index in [0.29, 0.717) is 17.1 Å². The summed E-state index contributed by atoms with van der Waals surface area (Å²) in [6, 6.07) is 6.84. The van der Waals surface area contributed by atoms with Crippen molar-refractivity contribution in [2.24, 2.45) is 0 Å². The number of amides is 1. The van der Waals surface area contributed by atoms with Crippen molar-refractivity contribution < 1.29 is 28.6 Å². The first-order chi connectivity index (χ1) is 17.0. The summed E-state index contributed by atoms with van der Waals surface area (Å²) < 4.78 is 24.5. The molecular formula is C23H24ClFN6O5. The number of pyridine rings is 1. The Kier molecular flexibility index (Phi) is 8.54. The number of rotatable bonds is 9. The van der Waals surface area contributed by atoms with Crippen LogP contribution >= 0.6 is 11.6 Å². The van der Waals surface area contributed by atoms with Gasteiger partial charge in [-0.3, -0.25) is 4.79 Å². The van der Waals surface area contributed by atoms with Gasteiger partial charge in [-0.05, 0) is 51.1 Å². The molecule has 13 heteroatoms. The maximum Gasteiger partial charge on any atom is 0.407 e. The highest BCUT2D eigenvalue weighted by Crippen LogP contribution is 2.26. The first-order valence-electron chi connectivity index (χ1n) is 10.7. The van der Waals surface area contributed by atoms with Crippen molar-refractivity contribution in [2.75, 3.05) is 11.9 Å². The van der Waals surface area contributed by atoms with Crippen molar-refractivity contribution in [3.8, 4) is 23.0 Å². The number of carboxylic acids is 1. The predicted octanol–water partition coefficient (Wildman–Crippen LogP) is 4.30. The van der Waals surface area contributed by atoms with Crippen molar-refractivity contribution in [1.29, 1.82) is 0 Å². The Morgan fingerprint density at radius 3 is 2.53 bits per heavy atom. The molecule has 3 aromatic rings. The Morgan fingerprint density at radius 1 is 1.17 bits per heavy atom. The topological polar surface area (TPSA) is 148 Å². The van der Waals surface area contributed by atoms with Gasteiger partial charge in [0.05, 0.1) is 17.5 Å². The molecule has 0 fully saturated rings. The molecule has 11 nitrogen and oxygen atoms in total. The van der Waals surface area contributed by atoms with Crippen LogP contribution in [0.5, 0.6) is 11.6 Å². The second-order valence-electron chi connectivity index (χ2n) is 8.52. The standard InChI is InChI=1S/C23H24ClFN6O5/c1-23(2,3)36-22(34)30-15(9-18(32)33)11-27-21-29-12-28-19(31-21)13-4-6-16(7-5-13)35-20-17(25)8-14(24)10-26-20/h4-8,10,12,15H,9,11H2,1-3H3,(H,30,34)(H,32,33)(H,27,28,29,31)/t15-/m0/s1. The number of carbonyl (C=O) groups excluding carboxylic acids is 1. The number of nitrogens with one attached hydrogen (secondary N) is 2. The van der Waals surface area contributed by atoms with Crippen LogP contribution in [0.25, 0.3) is 11.4 Å². The van der Waals surface area contributed by atoms with Crippen molar-refractivity contribution >= 4 is 29.6 Å². The summed E-state index contributed by atoms with van der Waals surface area (Å²) in [5.74, 6) is -1.16. The van der Waals surface area contributed by atoms with E-state index in [4.69, 9.17) is 26.2 Å². The summed E-state index contributed by atoms with van der Waals surface area (Å²) in [6.45, 7) is 5.14. The Balaban J connectivity index is 1.65. The van der Waals surface area contributed by atoms with Crippen LogP contribution < -0.4 is 15.4 Å². The van der Waals surface area contributed by atoms with E-state index in [0.717, 1.165) is 6.07 Å². The van der Waals surface area contributed by atoms with Crippen LogP contribution in [0.4, 0.5) is 15.1 Å². The zero-order valence-corrected chi connectivity index (χ0v) is 20.4. The Morgan fingerprint density at radius 2 is 1.89 bits per heavy atom. The molecule has 36 heavy (non-hydrogen) atoms. The molecule has 0 unspecified atom stereocenters. The van der Waals surface area contributed by atoms with Crippen LogP contribution in [-0.2, 0) is 9.53 Å². The number of hydrogen-bond donors (Lipinski definition) is 3. The molecule has 1 atom stereocenters. The van der Waals surface area contributed by atoms with E-state index in [1.54, 1.807) is 45.0 Å². The molecule has 2 heterocycles. The first kappa shape index (κ1) is 26.5. The van der Waals surface area contributed by atoms with Gasteiger partial charge in [0.1, 0.15) is 17.7 Å². The zero-order chi connectivity index (χ0) is 26.3. The fraction of sp³-hybridized carbons (Fsp3) is 0.304. The molecule has 1 aromatic carbocycles. The van der Waals surface area contributed by atoms with Gasteiger partial charge in [-0.2, -0.15) is 4.98 Å². The molecule has 0 aliphatic carbocycles. The highest BCUT2D eigenvalue weighted by molar-refractivity contribution is 6.30. The Hall–Kier alpha value is -4.06. The molecule has 3 rings (SSSR count). The summed E-state index contributed by atoms with van der Waals surface area (Å²) in [5.41, 5.74) is -0.111. The number of aliphatic carboxylic acids is 1. The highest BCUT2D eigenvalue weighted by atomic mass is 35.5. The van der Waals surface area contributed by atoms with E-state index in [1.165, 1.54) is 12.5 Å². The minimum absolute atomic E-state index is 0.0292. The van der Waals surface area contributed by atoms with Crippen LogP contribution in [0, 0.1) is 5.82 Å². The van der Waals surface area contributed by atoms with E-state index in [1.807, 2.05) is 0 Å². The molecular weight excluding hydrogens is 495 g/mol. The van der Waals surface area contributed by atoms with E-state index in [9.17, 15) is 14.0 Å². The number of nitrogens with zero attached hydrogens (tertiary/aromatic N) is 4. The molecule has 0 saturated carbocycles. The van der Waals surface area contributed by atoms with Crippen molar-refractivity contribution in [1.82, 2.24) is 25.3 Å². The molecule has 190 valence electrons. The lowest BCUT2D eigenvalue weighted by Gasteiger charge is -2.23. The van der Waals surface area contributed by atoms with Crippen LogP contribution in [0.2, 0.25) is 5.02 Å². The second-order valence-corrected chi connectivity index (χ2v) is 8.96. The number of halogens is 2. The monoisotopic (exact) mass is 518 g/mol.